The number of thiazole rings is 1. The third kappa shape index (κ3) is 2.28. The summed E-state index contributed by atoms with van der Waals surface area (Å²) in [6.07, 6.45) is 1.82. The molecule has 0 spiro atoms. The topological polar surface area (TPSA) is 74.3 Å². The van der Waals surface area contributed by atoms with Crippen LogP contribution in [0, 0.1) is 0 Å². The van der Waals surface area contributed by atoms with Crippen molar-refractivity contribution in [2.24, 2.45) is 7.05 Å². The molecule has 0 unspecified atom stereocenters. The Labute approximate surface area is 134 Å². The zero-order valence-corrected chi connectivity index (χ0v) is 13.3. The molecule has 0 atom stereocenters. The maximum absolute atomic E-state index is 4.70. The first-order chi connectivity index (χ1) is 10.8. The van der Waals surface area contributed by atoms with Gasteiger partial charge in [0.2, 0.25) is 0 Å². The molecule has 0 N–H and O–H groups in total. The van der Waals surface area contributed by atoms with Gasteiger partial charge in [-0.05, 0) is 22.6 Å². The highest BCUT2D eigenvalue weighted by atomic mass is 32.2. The molecule has 4 aromatic rings. The molecule has 3 aromatic heterocycles. The van der Waals surface area contributed by atoms with Gasteiger partial charge in [0.05, 0.1) is 16.8 Å². The van der Waals surface area contributed by atoms with Crippen LogP contribution < -0.4 is 0 Å². The number of para-hydroxylation sites is 2. The summed E-state index contributed by atoms with van der Waals surface area (Å²) in [5.74, 6) is 1.42. The Kier molecular flexibility index (Phi) is 3.35. The Morgan fingerprint density at radius 3 is 2.95 bits per heavy atom. The van der Waals surface area contributed by atoms with E-state index >= 15 is 0 Å². The first-order valence-corrected chi connectivity index (χ1v) is 8.41. The molecule has 0 radical (unpaired) electrons. The van der Waals surface area contributed by atoms with E-state index in [1.54, 1.807) is 27.8 Å². The number of imidazole rings is 1. The minimum absolute atomic E-state index is 0.648. The van der Waals surface area contributed by atoms with Crippen LogP contribution in [0.1, 0.15) is 5.01 Å². The molecular formula is C13H11N7S2. The monoisotopic (exact) mass is 329 g/mol. The summed E-state index contributed by atoms with van der Waals surface area (Å²) in [6.45, 7) is 0. The van der Waals surface area contributed by atoms with Gasteiger partial charge in [0.25, 0.3) is 5.95 Å². The summed E-state index contributed by atoms with van der Waals surface area (Å²) in [7, 11) is 1.82. The van der Waals surface area contributed by atoms with Crippen molar-refractivity contribution < 1.29 is 0 Å². The van der Waals surface area contributed by atoms with Crippen LogP contribution in [0.3, 0.4) is 0 Å². The average molecular weight is 329 g/mol. The maximum Gasteiger partial charge on any atom is 0.256 e. The first-order valence-electron chi connectivity index (χ1n) is 6.54. The minimum Gasteiger partial charge on any atom is -0.254 e. The minimum atomic E-state index is 0.648. The highest BCUT2D eigenvalue weighted by Gasteiger charge is 2.17. The van der Waals surface area contributed by atoms with Crippen LogP contribution in [0.2, 0.25) is 0 Å². The number of nitrogens with zero attached hydrogens (tertiary/aromatic N) is 7. The molecule has 0 saturated heterocycles. The summed E-state index contributed by atoms with van der Waals surface area (Å²) >= 11 is 3.27. The predicted molar refractivity (Wildman–Crippen MR) is 85.1 cm³/mol. The second-order valence-corrected chi connectivity index (χ2v) is 6.46. The fraction of sp³-hybridized carbons (Fsp3) is 0.154. The lowest BCUT2D eigenvalue weighted by Crippen LogP contribution is -2.05. The number of aromatic nitrogens is 7. The van der Waals surface area contributed by atoms with E-state index in [-0.39, 0.29) is 0 Å². The summed E-state index contributed by atoms with van der Waals surface area (Å²) in [5, 5.41) is 15.7. The third-order valence-electron chi connectivity index (χ3n) is 3.14. The number of benzene rings is 1. The van der Waals surface area contributed by atoms with Crippen molar-refractivity contribution in [1.82, 2.24) is 34.7 Å². The van der Waals surface area contributed by atoms with Crippen molar-refractivity contribution in [3.63, 3.8) is 0 Å². The van der Waals surface area contributed by atoms with E-state index in [4.69, 9.17) is 4.98 Å². The van der Waals surface area contributed by atoms with Gasteiger partial charge >= 0.3 is 0 Å². The van der Waals surface area contributed by atoms with Crippen LogP contribution in [0.5, 0.6) is 0 Å². The standard InChI is InChI=1S/C13H11N7S2/c1-19-12(16-17-18-19)20-10-5-3-2-4-9(10)15-13(20)22-8-11-14-6-7-21-11/h2-7H,8H2,1H3. The number of aryl methyl sites for hydroxylation is 1. The van der Waals surface area contributed by atoms with Crippen molar-refractivity contribution >= 4 is 34.1 Å². The first kappa shape index (κ1) is 13.4. The fourth-order valence-corrected chi connectivity index (χ4v) is 3.81. The molecule has 9 heteroatoms. The van der Waals surface area contributed by atoms with E-state index in [0.717, 1.165) is 27.0 Å². The Hall–Kier alpha value is -2.26. The fourth-order valence-electron chi connectivity index (χ4n) is 2.16. The highest BCUT2D eigenvalue weighted by molar-refractivity contribution is 7.98. The molecule has 7 nitrogen and oxygen atoms in total. The lowest BCUT2D eigenvalue weighted by atomic mass is 10.3. The molecule has 0 aliphatic rings. The van der Waals surface area contributed by atoms with Crippen LogP contribution in [-0.2, 0) is 12.8 Å². The molecule has 0 saturated carbocycles. The van der Waals surface area contributed by atoms with Crippen LogP contribution in [-0.4, -0.2) is 34.7 Å². The van der Waals surface area contributed by atoms with Crippen LogP contribution >= 0.6 is 23.1 Å². The van der Waals surface area contributed by atoms with Crippen molar-refractivity contribution in [1.29, 1.82) is 0 Å². The number of hydrogen-bond donors (Lipinski definition) is 0. The summed E-state index contributed by atoms with van der Waals surface area (Å²) < 4.78 is 3.62. The zero-order chi connectivity index (χ0) is 14.9. The van der Waals surface area contributed by atoms with E-state index in [9.17, 15) is 0 Å². The summed E-state index contributed by atoms with van der Waals surface area (Å²) in [6, 6.07) is 7.97. The number of rotatable bonds is 4. The number of hydrogen-bond acceptors (Lipinski definition) is 7. The summed E-state index contributed by atoms with van der Waals surface area (Å²) in [5.41, 5.74) is 1.91. The summed E-state index contributed by atoms with van der Waals surface area (Å²) in [4.78, 5) is 9.01. The molecule has 0 fully saturated rings. The van der Waals surface area contributed by atoms with E-state index in [2.05, 4.69) is 20.5 Å². The second kappa shape index (κ2) is 5.50. The Morgan fingerprint density at radius 1 is 1.27 bits per heavy atom. The van der Waals surface area contributed by atoms with Crippen molar-refractivity contribution in [3.05, 3.63) is 40.8 Å². The van der Waals surface area contributed by atoms with E-state index in [0.29, 0.717) is 5.95 Å². The van der Waals surface area contributed by atoms with E-state index in [1.165, 1.54) is 0 Å². The normalized spacial score (nSPS) is 11.3. The van der Waals surface area contributed by atoms with Crippen molar-refractivity contribution in [3.8, 4) is 5.95 Å². The lowest BCUT2D eigenvalue weighted by molar-refractivity contribution is 0.682. The maximum atomic E-state index is 4.70. The van der Waals surface area contributed by atoms with Gasteiger partial charge < -0.3 is 0 Å². The molecule has 1 aromatic carbocycles. The van der Waals surface area contributed by atoms with E-state index < -0.39 is 0 Å². The average Bonchev–Trinajstić information content (AvgIpc) is 3.24. The van der Waals surface area contributed by atoms with Crippen LogP contribution in [0.25, 0.3) is 17.0 Å². The van der Waals surface area contributed by atoms with Gasteiger partial charge in [-0.25, -0.2) is 14.6 Å². The number of thioether (sulfide) groups is 1. The molecule has 0 aliphatic heterocycles. The molecule has 3 heterocycles. The van der Waals surface area contributed by atoms with Crippen molar-refractivity contribution in [2.75, 3.05) is 0 Å². The zero-order valence-electron chi connectivity index (χ0n) is 11.6. The van der Waals surface area contributed by atoms with Gasteiger partial charge in [-0.3, -0.25) is 4.57 Å². The molecule has 22 heavy (non-hydrogen) atoms. The van der Waals surface area contributed by atoms with Gasteiger partial charge in [0, 0.05) is 18.6 Å². The smallest absolute Gasteiger partial charge is 0.254 e. The molecule has 4 rings (SSSR count). The third-order valence-corrected chi connectivity index (χ3v) is 5.05. The highest BCUT2D eigenvalue weighted by Crippen LogP contribution is 2.29. The Morgan fingerprint density at radius 2 is 2.18 bits per heavy atom. The number of tetrazole rings is 1. The Balaban J connectivity index is 1.81. The van der Waals surface area contributed by atoms with Crippen LogP contribution in [0.15, 0.2) is 41.0 Å². The van der Waals surface area contributed by atoms with Gasteiger partial charge in [-0.1, -0.05) is 29.0 Å². The van der Waals surface area contributed by atoms with Gasteiger partial charge in [0.15, 0.2) is 5.16 Å². The molecule has 0 amide bonds. The van der Waals surface area contributed by atoms with Gasteiger partial charge in [0.1, 0.15) is 5.01 Å². The van der Waals surface area contributed by atoms with Gasteiger partial charge in [-0.15, -0.1) is 11.3 Å². The van der Waals surface area contributed by atoms with Crippen molar-refractivity contribution in [2.45, 2.75) is 10.9 Å². The SMILES string of the molecule is Cn1nnnc1-n1c(SCc2nccs2)nc2ccccc21. The molecule has 110 valence electrons. The van der Waals surface area contributed by atoms with Gasteiger partial charge in [-0.2, -0.15) is 0 Å². The van der Waals surface area contributed by atoms with E-state index in [1.807, 2.05) is 47.5 Å². The lowest BCUT2D eigenvalue weighted by Gasteiger charge is -2.05. The Bertz CT molecular complexity index is 910. The molecule has 0 aliphatic carbocycles. The quantitative estimate of drug-likeness (QED) is 0.535. The molecule has 0 bridgehead atoms. The second-order valence-electron chi connectivity index (χ2n) is 4.54. The number of fused-ring (bicyclic) bond motifs is 1. The molecular weight excluding hydrogens is 318 g/mol. The van der Waals surface area contributed by atoms with Crippen LogP contribution in [0.4, 0.5) is 0 Å². The predicted octanol–water partition coefficient (Wildman–Crippen LogP) is 2.30. The largest absolute Gasteiger partial charge is 0.256 e.